The lowest BCUT2D eigenvalue weighted by Crippen LogP contribution is -2.46. The molecule has 5 nitrogen and oxygen atoms in total. The van der Waals surface area contributed by atoms with Gasteiger partial charge in [0.1, 0.15) is 0 Å². The van der Waals surface area contributed by atoms with E-state index in [-0.39, 0.29) is 18.7 Å². The second-order valence-electron chi connectivity index (χ2n) is 4.37. The van der Waals surface area contributed by atoms with Crippen molar-refractivity contribution in [3.8, 4) is 0 Å². The highest BCUT2D eigenvalue weighted by atomic mass is 16.3. The molecule has 0 bridgehead atoms. The number of aliphatic hydroxyl groups excluding tert-OH is 1. The van der Waals surface area contributed by atoms with Gasteiger partial charge >= 0.3 is 11.8 Å². The molecule has 1 aromatic rings. The number of rotatable bonds is 5. The van der Waals surface area contributed by atoms with Crippen molar-refractivity contribution in [3.63, 3.8) is 0 Å². The Kier molecular flexibility index (Phi) is 6.02. The molecule has 19 heavy (non-hydrogen) atoms. The largest absolute Gasteiger partial charge is 0.394 e. The van der Waals surface area contributed by atoms with Crippen LogP contribution in [-0.4, -0.2) is 29.6 Å². The molecule has 0 saturated heterocycles. The first-order valence-electron chi connectivity index (χ1n) is 6.35. The monoisotopic (exact) mass is 264 g/mol. The lowest BCUT2D eigenvalue weighted by Gasteiger charge is -2.16. The topological polar surface area (TPSA) is 78.4 Å². The van der Waals surface area contributed by atoms with Crippen molar-refractivity contribution in [2.75, 3.05) is 6.61 Å². The Hall–Kier alpha value is -1.88. The van der Waals surface area contributed by atoms with E-state index in [0.717, 1.165) is 5.56 Å². The molecule has 0 heterocycles. The molecule has 0 saturated carbocycles. The predicted molar refractivity (Wildman–Crippen MR) is 72.3 cm³/mol. The van der Waals surface area contributed by atoms with Gasteiger partial charge in [-0.2, -0.15) is 0 Å². The molecule has 5 heteroatoms. The van der Waals surface area contributed by atoms with Crippen molar-refractivity contribution in [3.05, 3.63) is 35.9 Å². The van der Waals surface area contributed by atoms with Crippen molar-refractivity contribution in [1.82, 2.24) is 10.6 Å². The average Bonchev–Trinajstić information content (AvgIpc) is 2.45. The fourth-order valence-electron chi connectivity index (χ4n) is 1.61. The first-order chi connectivity index (χ1) is 9.08. The van der Waals surface area contributed by atoms with Gasteiger partial charge in [0, 0.05) is 0 Å². The maximum Gasteiger partial charge on any atom is 0.309 e. The minimum absolute atomic E-state index is 0.177. The van der Waals surface area contributed by atoms with Crippen molar-refractivity contribution in [1.29, 1.82) is 0 Å². The first kappa shape index (κ1) is 15.2. The molecule has 0 radical (unpaired) electrons. The fraction of sp³-hybridized carbons (Fsp3) is 0.429. The molecule has 0 aromatic heterocycles. The minimum atomic E-state index is -0.719. The Morgan fingerprint density at radius 2 is 1.74 bits per heavy atom. The second-order valence-corrected chi connectivity index (χ2v) is 4.37. The highest BCUT2D eigenvalue weighted by Gasteiger charge is 2.19. The van der Waals surface area contributed by atoms with Gasteiger partial charge in [-0.3, -0.25) is 9.59 Å². The van der Waals surface area contributed by atoms with E-state index >= 15 is 0 Å². The summed E-state index contributed by atoms with van der Waals surface area (Å²) >= 11 is 0. The van der Waals surface area contributed by atoms with Crippen LogP contribution in [0.5, 0.6) is 0 Å². The van der Waals surface area contributed by atoms with E-state index in [0.29, 0.717) is 6.42 Å². The Morgan fingerprint density at radius 3 is 2.26 bits per heavy atom. The van der Waals surface area contributed by atoms with Crippen LogP contribution < -0.4 is 10.6 Å². The van der Waals surface area contributed by atoms with Crippen LogP contribution in [0.2, 0.25) is 0 Å². The van der Waals surface area contributed by atoms with E-state index in [2.05, 4.69) is 10.6 Å². The van der Waals surface area contributed by atoms with Gasteiger partial charge in [-0.1, -0.05) is 37.3 Å². The third kappa shape index (κ3) is 4.71. The van der Waals surface area contributed by atoms with Gasteiger partial charge in [-0.05, 0) is 18.9 Å². The predicted octanol–water partition coefficient (Wildman–Crippen LogP) is 0.751. The molecule has 2 atom stereocenters. The number of benzene rings is 1. The normalized spacial score (nSPS) is 13.4. The summed E-state index contributed by atoms with van der Waals surface area (Å²) in [6.07, 6.45) is 0.573. The maximum absolute atomic E-state index is 11.7. The Morgan fingerprint density at radius 1 is 1.16 bits per heavy atom. The Bertz CT molecular complexity index is 416. The van der Waals surface area contributed by atoms with Crippen LogP contribution in [0.3, 0.4) is 0 Å². The highest BCUT2D eigenvalue weighted by Crippen LogP contribution is 2.10. The van der Waals surface area contributed by atoms with E-state index in [1.165, 1.54) is 0 Å². The molecule has 3 N–H and O–H groups in total. The van der Waals surface area contributed by atoms with E-state index in [1.807, 2.05) is 44.2 Å². The summed E-state index contributed by atoms with van der Waals surface area (Å²) in [5, 5.41) is 14.1. The zero-order valence-corrected chi connectivity index (χ0v) is 11.2. The van der Waals surface area contributed by atoms with Crippen molar-refractivity contribution in [2.45, 2.75) is 32.4 Å². The smallest absolute Gasteiger partial charge is 0.309 e. The SMILES string of the molecule is CC[C@H](CO)NC(=O)C(=O)N[C@@H](C)c1ccccc1. The van der Waals surface area contributed by atoms with Crippen LogP contribution in [-0.2, 0) is 9.59 Å². The zero-order valence-electron chi connectivity index (χ0n) is 11.2. The molecule has 0 unspecified atom stereocenters. The lowest BCUT2D eigenvalue weighted by atomic mass is 10.1. The van der Waals surface area contributed by atoms with Crippen molar-refractivity contribution in [2.24, 2.45) is 0 Å². The van der Waals surface area contributed by atoms with Crippen LogP contribution in [0.4, 0.5) is 0 Å². The summed E-state index contributed by atoms with van der Waals surface area (Å²) in [5.41, 5.74) is 0.929. The van der Waals surface area contributed by atoms with Crippen LogP contribution in [0.1, 0.15) is 31.9 Å². The standard InChI is InChI=1S/C14H20N2O3/c1-3-12(9-17)16-14(19)13(18)15-10(2)11-7-5-4-6-8-11/h4-8,10,12,17H,3,9H2,1-2H3,(H,15,18)(H,16,19)/t10-,12+/m0/s1. The zero-order chi connectivity index (χ0) is 14.3. The number of hydrogen-bond donors (Lipinski definition) is 3. The third-order valence-electron chi connectivity index (χ3n) is 2.90. The molecule has 0 aliphatic carbocycles. The van der Waals surface area contributed by atoms with Gasteiger partial charge in [0.2, 0.25) is 0 Å². The van der Waals surface area contributed by atoms with Crippen LogP contribution in [0.15, 0.2) is 30.3 Å². The van der Waals surface area contributed by atoms with Gasteiger partial charge < -0.3 is 15.7 Å². The molecule has 0 fully saturated rings. The summed E-state index contributed by atoms with van der Waals surface area (Å²) in [4.78, 5) is 23.3. The highest BCUT2D eigenvalue weighted by molar-refractivity contribution is 6.35. The van der Waals surface area contributed by atoms with E-state index in [9.17, 15) is 9.59 Å². The summed E-state index contributed by atoms with van der Waals surface area (Å²) in [7, 11) is 0. The van der Waals surface area contributed by atoms with Crippen LogP contribution in [0.25, 0.3) is 0 Å². The number of carbonyl (C=O) groups is 2. The van der Waals surface area contributed by atoms with Crippen LogP contribution in [0, 0.1) is 0 Å². The Balaban J connectivity index is 2.53. The summed E-state index contributed by atoms with van der Waals surface area (Å²) in [6, 6.07) is 8.77. The first-order valence-corrected chi connectivity index (χ1v) is 6.35. The number of hydrogen-bond acceptors (Lipinski definition) is 3. The summed E-state index contributed by atoms with van der Waals surface area (Å²) < 4.78 is 0. The second kappa shape index (κ2) is 7.53. The number of amides is 2. The molecule has 0 aliphatic rings. The van der Waals surface area contributed by atoms with Gasteiger partial charge in [-0.25, -0.2) is 0 Å². The molecular weight excluding hydrogens is 244 g/mol. The summed E-state index contributed by atoms with van der Waals surface area (Å²) in [5.74, 6) is -1.41. The molecule has 1 rings (SSSR count). The van der Waals surface area contributed by atoms with Gasteiger partial charge in [0.15, 0.2) is 0 Å². The van der Waals surface area contributed by atoms with E-state index in [4.69, 9.17) is 5.11 Å². The van der Waals surface area contributed by atoms with Gasteiger partial charge in [0.05, 0.1) is 18.7 Å². The van der Waals surface area contributed by atoms with Gasteiger partial charge in [-0.15, -0.1) is 0 Å². The van der Waals surface area contributed by atoms with E-state index in [1.54, 1.807) is 0 Å². The molecule has 1 aromatic carbocycles. The number of aliphatic hydroxyl groups is 1. The molecular formula is C14H20N2O3. The van der Waals surface area contributed by atoms with Crippen molar-refractivity contribution < 1.29 is 14.7 Å². The van der Waals surface area contributed by atoms with Crippen LogP contribution >= 0.6 is 0 Å². The maximum atomic E-state index is 11.7. The summed E-state index contributed by atoms with van der Waals surface area (Å²) in [6.45, 7) is 3.46. The van der Waals surface area contributed by atoms with Gasteiger partial charge in [0.25, 0.3) is 0 Å². The average molecular weight is 264 g/mol. The minimum Gasteiger partial charge on any atom is -0.394 e. The fourth-order valence-corrected chi connectivity index (χ4v) is 1.61. The van der Waals surface area contributed by atoms with E-state index < -0.39 is 11.8 Å². The molecule has 0 spiro atoms. The number of carbonyl (C=O) groups excluding carboxylic acids is 2. The molecule has 2 amide bonds. The van der Waals surface area contributed by atoms with Crippen molar-refractivity contribution >= 4 is 11.8 Å². The number of nitrogens with one attached hydrogen (secondary N) is 2. The molecule has 104 valence electrons. The Labute approximate surface area is 113 Å². The third-order valence-corrected chi connectivity index (χ3v) is 2.90. The molecule has 0 aliphatic heterocycles. The lowest BCUT2D eigenvalue weighted by molar-refractivity contribution is -0.140. The quantitative estimate of drug-likeness (QED) is 0.687.